The van der Waals surface area contributed by atoms with Gasteiger partial charge in [0.05, 0.1) is 11.1 Å². The van der Waals surface area contributed by atoms with Crippen LogP contribution in [-0.4, -0.2) is 28.8 Å². The quantitative estimate of drug-likeness (QED) is 0.490. The van der Waals surface area contributed by atoms with E-state index in [0.29, 0.717) is 41.4 Å². The van der Waals surface area contributed by atoms with Crippen LogP contribution in [0.4, 0.5) is 0 Å². The van der Waals surface area contributed by atoms with E-state index in [4.69, 9.17) is 9.47 Å². The van der Waals surface area contributed by atoms with E-state index in [1.807, 2.05) is 36.4 Å². The first-order chi connectivity index (χ1) is 14.7. The fraction of sp³-hybridized carbons (Fsp3) is 0.125. The number of ketones is 1. The molecule has 148 valence electrons. The average Bonchev–Trinajstić information content (AvgIpc) is 2.81. The number of aromatic nitrogens is 2. The molecule has 4 aromatic rings. The topological polar surface area (TPSA) is 70.4 Å². The van der Waals surface area contributed by atoms with Gasteiger partial charge in [-0.25, -0.2) is 4.68 Å². The van der Waals surface area contributed by atoms with Crippen LogP contribution in [0.5, 0.6) is 11.5 Å². The van der Waals surface area contributed by atoms with E-state index in [1.54, 1.807) is 36.4 Å². The highest BCUT2D eigenvalue weighted by Gasteiger charge is 2.18. The van der Waals surface area contributed by atoms with E-state index in [2.05, 4.69) is 5.10 Å². The normalized spacial score (nSPS) is 12.7. The minimum absolute atomic E-state index is 0.134. The van der Waals surface area contributed by atoms with Crippen LogP contribution in [0.3, 0.4) is 0 Å². The summed E-state index contributed by atoms with van der Waals surface area (Å²) in [7, 11) is 0. The van der Waals surface area contributed by atoms with Crippen molar-refractivity contribution >= 4 is 16.6 Å². The number of nitrogens with zero attached hydrogens (tertiary/aromatic N) is 2. The van der Waals surface area contributed by atoms with Crippen molar-refractivity contribution in [2.45, 2.75) is 6.54 Å². The van der Waals surface area contributed by atoms with Crippen LogP contribution in [0.2, 0.25) is 0 Å². The lowest BCUT2D eigenvalue weighted by Gasteiger charge is -2.19. The predicted molar refractivity (Wildman–Crippen MR) is 113 cm³/mol. The molecule has 0 N–H and O–H groups in total. The zero-order valence-corrected chi connectivity index (χ0v) is 16.1. The Morgan fingerprint density at radius 1 is 0.867 bits per heavy atom. The van der Waals surface area contributed by atoms with Gasteiger partial charge in [0.15, 0.2) is 17.3 Å². The summed E-state index contributed by atoms with van der Waals surface area (Å²) in [5, 5.41) is 5.81. The molecule has 0 saturated heterocycles. The summed E-state index contributed by atoms with van der Waals surface area (Å²) in [4.78, 5) is 25.7. The highest BCUT2D eigenvalue weighted by atomic mass is 16.6. The molecule has 1 aliphatic rings. The van der Waals surface area contributed by atoms with Gasteiger partial charge in [-0.2, -0.15) is 5.10 Å². The number of carbonyl (C=O) groups excluding carboxylic acids is 1. The molecule has 0 saturated carbocycles. The highest BCUT2D eigenvalue weighted by molar-refractivity contribution is 5.97. The van der Waals surface area contributed by atoms with Gasteiger partial charge in [0.1, 0.15) is 19.8 Å². The summed E-state index contributed by atoms with van der Waals surface area (Å²) in [6.45, 7) is 0.862. The third-order valence-corrected chi connectivity index (χ3v) is 5.07. The van der Waals surface area contributed by atoms with E-state index in [1.165, 1.54) is 4.68 Å². The van der Waals surface area contributed by atoms with Crippen molar-refractivity contribution in [2.75, 3.05) is 13.2 Å². The van der Waals surface area contributed by atoms with Gasteiger partial charge in [0.2, 0.25) is 0 Å². The largest absolute Gasteiger partial charge is 0.486 e. The standard InChI is InChI=1S/C24H18N2O4/c27-20(16-6-2-1-3-7-16)15-26-24(28)19-9-5-4-8-18(19)23(25-26)17-10-11-21-22(14-17)30-13-12-29-21/h1-11,14H,12-13,15H2. The number of hydrogen-bond donors (Lipinski definition) is 0. The summed E-state index contributed by atoms with van der Waals surface area (Å²) in [5.41, 5.74) is 1.65. The molecule has 0 amide bonds. The second kappa shape index (κ2) is 7.48. The minimum Gasteiger partial charge on any atom is -0.486 e. The zero-order chi connectivity index (χ0) is 20.5. The molecule has 0 bridgehead atoms. The molecule has 1 aromatic heterocycles. The van der Waals surface area contributed by atoms with Crippen LogP contribution in [0.25, 0.3) is 22.0 Å². The number of benzene rings is 3. The number of hydrogen-bond acceptors (Lipinski definition) is 5. The molecule has 0 fully saturated rings. The molecular weight excluding hydrogens is 380 g/mol. The van der Waals surface area contributed by atoms with Gasteiger partial charge < -0.3 is 9.47 Å². The van der Waals surface area contributed by atoms with Crippen molar-refractivity contribution < 1.29 is 14.3 Å². The Kier molecular flexibility index (Phi) is 4.52. The minimum atomic E-state index is -0.295. The number of ether oxygens (including phenoxy) is 2. The average molecular weight is 398 g/mol. The summed E-state index contributed by atoms with van der Waals surface area (Å²) in [5.74, 6) is 1.15. The fourth-order valence-corrected chi connectivity index (χ4v) is 3.60. The maximum absolute atomic E-state index is 13.0. The summed E-state index contributed by atoms with van der Waals surface area (Å²) in [6, 6.07) is 21.8. The lowest BCUT2D eigenvalue weighted by molar-refractivity contribution is 0.0966. The van der Waals surface area contributed by atoms with Gasteiger partial charge in [-0.05, 0) is 24.3 Å². The third-order valence-electron chi connectivity index (χ3n) is 5.07. The summed E-state index contributed by atoms with van der Waals surface area (Å²) >= 11 is 0. The Morgan fingerprint density at radius 2 is 1.57 bits per heavy atom. The van der Waals surface area contributed by atoms with Gasteiger partial charge in [-0.15, -0.1) is 0 Å². The van der Waals surface area contributed by atoms with E-state index < -0.39 is 0 Å². The molecule has 0 radical (unpaired) electrons. The molecule has 0 unspecified atom stereocenters. The fourth-order valence-electron chi connectivity index (χ4n) is 3.60. The van der Waals surface area contributed by atoms with Crippen LogP contribution in [-0.2, 0) is 6.54 Å². The lowest BCUT2D eigenvalue weighted by Crippen LogP contribution is -2.27. The summed E-state index contributed by atoms with van der Waals surface area (Å²) in [6.07, 6.45) is 0. The Labute approximate surface area is 172 Å². The van der Waals surface area contributed by atoms with Gasteiger partial charge >= 0.3 is 0 Å². The zero-order valence-electron chi connectivity index (χ0n) is 16.1. The van der Waals surface area contributed by atoms with Crippen LogP contribution in [0.1, 0.15) is 10.4 Å². The van der Waals surface area contributed by atoms with Gasteiger partial charge in [-0.3, -0.25) is 9.59 Å². The van der Waals surface area contributed by atoms with Crippen molar-refractivity contribution in [1.29, 1.82) is 0 Å². The van der Waals surface area contributed by atoms with Crippen LogP contribution < -0.4 is 15.0 Å². The Morgan fingerprint density at radius 3 is 2.37 bits per heavy atom. The van der Waals surface area contributed by atoms with Crippen LogP contribution in [0.15, 0.2) is 77.6 Å². The first-order valence-electron chi connectivity index (χ1n) is 9.69. The van der Waals surface area contributed by atoms with Crippen LogP contribution >= 0.6 is 0 Å². The first kappa shape index (κ1) is 18.1. The first-order valence-corrected chi connectivity index (χ1v) is 9.69. The smallest absolute Gasteiger partial charge is 0.275 e. The number of carbonyl (C=O) groups is 1. The Hall–Kier alpha value is -3.93. The van der Waals surface area contributed by atoms with Crippen molar-refractivity contribution in [3.8, 4) is 22.8 Å². The van der Waals surface area contributed by atoms with Crippen molar-refractivity contribution in [2.24, 2.45) is 0 Å². The molecule has 1 aliphatic heterocycles. The second-order valence-electron chi connectivity index (χ2n) is 7.00. The molecule has 6 heteroatoms. The SMILES string of the molecule is O=C(Cn1nc(-c2ccc3c(c2)OCCO3)c2ccccc2c1=O)c1ccccc1. The Balaban J connectivity index is 1.64. The summed E-state index contributed by atoms with van der Waals surface area (Å²) < 4.78 is 12.5. The highest BCUT2D eigenvalue weighted by Crippen LogP contribution is 2.35. The Bertz CT molecular complexity index is 1310. The monoisotopic (exact) mass is 398 g/mol. The lowest BCUT2D eigenvalue weighted by atomic mass is 10.0. The molecule has 30 heavy (non-hydrogen) atoms. The van der Waals surface area contributed by atoms with E-state index in [-0.39, 0.29) is 17.9 Å². The van der Waals surface area contributed by atoms with E-state index >= 15 is 0 Å². The van der Waals surface area contributed by atoms with Gasteiger partial charge in [0.25, 0.3) is 5.56 Å². The third kappa shape index (κ3) is 3.22. The number of Topliss-reactive ketones (excluding diaryl/α,β-unsaturated/α-hetero) is 1. The second-order valence-corrected chi connectivity index (χ2v) is 7.00. The maximum Gasteiger partial charge on any atom is 0.275 e. The number of rotatable bonds is 4. The van der Waals surface area contributed by atoms with Gasteiger partial charge in [0, 0.05) is 16.5 Å². The van der Waals surface area contributed by atoms with Gasteiger partial charge in [-0.1, -0.05) is 48.5 Å². The molecule has 2 heterocycles. The maximum atomic E-state index is 13.0. The molecule has 0 atom stereocenters. The molecule has 3 aromatic carbocycles. The molecule has 5 rings (SSSR count). The number of fused-ring (bicyclic) bond motifs is 2. The van der Waals surface area contributed by atoms with Crippen molar-refractivity contribution in [3.05, 3.63) is 88.7 Å². The molecule has 0 aliphatic carbocycles. The van der Waals surface area contributed by atoms with Crippen molar-refractivity contribution in [3.63, 3.8) is 0 Å². The molecule has 6 nitrogen and oxygen atoms in total. The van der Waals surface area contributed by atoms with Crippen LogP contribution in [0, 0.1) is 0 Å². The van der Waals surface area contributed by atoms with E-state index in [0.717, 1.165) is 10.9 Å². The molecular formula is C24H18N2O4. The van der Waals surface area contributed by atoms with E-state index in [9.17, 15) is 9.59 Å². The van der Waals surface area contributed by atoms with Crippen molar-refractivity contribution in [1.82, 2.24) is 9.78 Å². The predicted octanol–water partition coefficient (Wildman–Crippen LogP) is 3.72. The molecule has 0 spiro atoms.